The van der Waals surface area contributed by atoms with Crippen LogP contribution in [0.3, 0.4) is 0 Å². The molecule has 0 spiro atoms. The summed E-state index contributed by atoms with van der Waals surface area (Å²) in [5, 5.41) is 13.5. The van der Waals surface area contributed by atoms with Gasteiger partial charge in [-0.15, -0.1) is 0 Å². The molecule has 8 atom stereocenters. The van der Waals surface area contributed by atoms with Crippen LogP contribution in [0, 0.1) is 52.3 Å². The van der Waals surface area contributed by atoms with Gasteiger partial charge in [0.1, 0.15) is 6.29 Å². The minimum Gasteiger partial charge on any atom is -0.411 e. The monoisotopic (exact) mass is 453 g/mol. The third-order valence-electron chi connectivity index (χ3n) is 10.6. The van der Waals surface area contributed by atoms with E-state index in [1.165, 1.54) is 12.7 Å². The predicted molar refractivity (Wildman–Crippen MR) is 132 cm³/mol. The van der Waals surface area contributed by atoms with Gasteiger partial charge < -0.3 is 10.0 Å². The highest BCUT2D eigenvalue weighted by atomic mass is 16.4. The Balaban J connectivity index is 1.58. The lowest BCUT2D eigenvalue weighted by Gasteiger charge is -2.57. The number of hydrogen-bond acceptors (Lipinski definition) is 4. The summed E-state index contributed by atoms with van der Waals surface area (Å²) in [6.07, 6.45) is 15.4. The molecule has 33 heavy (non-hydrogen) atoms. The van der Waals surface area contributed by atoms with Crippen LogP contribution >= 0.6 is 0 Å². The number of carbonyl (C=O) groups is 2. The lowest BCUT2D eigenvalue weighted by Crippen LogP contribution is -2.52. The lowest BCUT2D eigenvalue weighted by molar-refractivity contribution is -0.116. The van der Waals surface area contributed by atoms with Gasteiger partial charge in [0.25, 0.3) is 0 Å². The van der Waals surface area contributed by atoms with Crippen molar-refractivity contribution in [3.05, 3.63) is 23.8 Å². The Kier molecular flexibility index (Phi) is 6.77. The topological polar surface area (TPSA) is 66.7 Å². The maximum absolute atomic E-state index is 12.3. The first-order valence-corrected chi connectivity index (χ1v) is 13.3. The van der Waals surface area contributed by atoms with Crippen LogP contribution in [0.25, 0.3) is 0 Å². The fourth-order valence-electron chi connectivity index (χ4n) is 8.68. The molecule has 0 saturated heterocycles. The van der Waals surface area contributed by atoms with E-state index in [9.17, 15) is 14.8 Å². The maximum atomic E-state index is 12.3. The van der Waals surface area contributed by atoms with Crippen LogP contribution in [0.2, 0.25) is 0 Å². The van der Waals surface area contributed by atoms with Crippen molar-refractivity contribution in [3.63, 3.8) is 0 Å². The van der Waals surface area contributed by atoms with Crippen LogP contribution in [0.1, 0.15) is 86.0 Å². The molecule has 0 radical (unpaired) electrons. The van der Waals surface area contributed by atoms with Crippen LogP contribution in [0.5, 0.6) is 0 Å². The van der Waals surface area contributed by atoms with Crippen molar-refractivity contribution in [3.8, 4) is 0 Å². The smallest absolute Gasteiger partial charge is 0.178 e. The summed E-state index contributed by atoms with van der Waals surface area (Å²) >= 11 is 0. The second kappa shape index (κ2) is 9.15. The summed E-state index contributed by atoms with van der Waals surface area (Å²) in [6, 6.07) is 0. The first-order valence-electron chi connectivity index (χ1n) is 13.3. The van der Waals surface area contributed by atoms with Gasteiger partial charge in [-0.1, -0.05) is 52.3 Å². The van der Waals surface area contributed by atoms with E-state index in [1.807, 2.05) is 0 Å². The Hall–Kier alpha value is -1.71. The number of rotatable bonds is 7. The van der Waals surface area contributed by atoms with Crippen LogP contribution in [0.15, 0.2) is 29.0 Å². The molecule has 1 N–H and O–H groups in total. The van der Waals surface area contributed by atoms with Crippen molar-refractivity contribution in [2.24, 2.45) is 57.4 Å². The van der Waals surface area contributed by atoms with Crippen molar-refractivity contribution in [2.75, 3.05) is 0 Å². The van der Waals surface area contributed by atoms with Gasteiger partial charge in [0.2, 0.25) is 0 Å². The summed E-state index contributed by atoms with van der Waals surface area (Å²) in [5.41, 5.74) is 1.53. The zero-order valence-electron chi connectivity index (χ0n) is 21.2. The number of carbonyl (C=O) groups excluding carboxylic acids is 2. The van der Waals surface area contributed by atoms with Gasteiger partial charge in [-0.05, 0) is 104 Å². The second-order valence-corrected chi connectivity index (χ2v) is 12.2. The number of hydrogen-bond donors (Lipinski definition) is 1. The first kappa shape index (κ1) is 24.4. The first-order chi connectivity index (χ1) is 15.7. The molecule has 0 heterocycles. The molecule has 3 fully saturated rings. The fraction of sp³-hybridized carbons (Fsp3) is 0.759. The minimum absolute atomic E-state index is 0.00995. The molecule has 1 unspecified atom stereocenters. The maximum Gasteiger partial charge on any atom is 0.178 e. The zero-order chi connectivity index (χ0) is 24.0. The molecule has 4 nitrogen and oxygen atoms in total. The number of oxime groups is 1. The van der Waals surface area contributed by atoms with Crippen LogP contribution in [-0.2, 0) is 9.59 Å². The van der Waals surface area contributed by atoms with Crippen molar-refractivity contribution in [1.29, 1.82) is 0 Å². The molecule has 4 heteroatoms. The summed E-state index contributed by atoms with van der Waals surface area (Å²) in [4.78, 5) is 24.4. The average molecular weight is 454 g/mol. The Labute approximate surface area is 200 Å². The van der Waals surface area contributed by atoms with E-state index >= 15 is 0 Å². The van der Waals surface area contributed by atoms with E-state index < -0.39 is 0 Å². The molecule has 0 amide bonds. The number of fused-ring (bicyclic) bond motifs is 5. The van der Waals surface area contributed by atoms with Gasteiger partial charge >= 0.3 is 0 Å². The standard InChI is InChI=1S/C29H43NO3/c1-6-19(18(2)3)7-8-20(17-31)23-9-10-24-22-16-27(30-33)26-15-21(32)11-13-29(26,5)25(22)12-14-28(23,24)4/h11,13,15,17-20,22-25,33H,6-10,12,14,16H2,1-5H3/b30-27+/t19?,20-,22-,23+,24-,25-,28+,29+/m0/s1. The SMILES string of the molecule is CCC(CC[C@@H](C=O)[C@H]1CC[C@H]2[C@@H]3C/C(=N\O)C4=CC(=O)C=C[C@]4(C)[C@H]3CC[C@]12C)C(C)C. The minimum atomic E-state index is -0.243. The van der Waals surface area contributed by atoms with Gasteiger partial charge in [-0.3, -0.25) is 4.79 Å². The summed E-state index contributed by atoms with van der Waals surface area (Å²) in [6.45, 7) is 11.6. The van der Waals surface area contributed by atoms with Crippen molar-refractivity contribution in [1.82, 2.24) is 0 Å². The third-order valence-corrected chi connectivity index (χ3v) is 10.6. The van der Waals surface area contributed by atoms with Crippen molar-refractivity contribution < 1.29 is 14.8 Å². The van der Waals surface area contributed by atoms with E-state index in [-0.39, 0.29) is 22.5 Å². The molecule has 3 saturated carbocycles. The molecule has 0 aromatic carbocycles. The highest BCUT2D eigenvalue weighted by molar-refractivity contribution is 6.12. The quantitative estimate of drug-likeness (QED) is 0.267. The fourth-order valence-corrected chi connectivity index (χ4v) is 8.68. The Morgan fingerprint density at radius 2 is 1.94 bits per heavy atom. The largest absolute Gasteiger partial charge is 0.411 e. The van der Waals surface area contributed by atoms with Gasteiger partial charge in [0.15, 0.2) is 5.78 Å². The van der Waals surface area contributed by atoms with E-state index in [0.717, 1.165) is 50.5 Å². The van der Waals surface area contributed by atoms with E-state index in [1.54, 1.807) is 12.2 Å². The van der Waals surface area contributed by atoms with Crippen molar-refractivity contribution in [2.45, 2.75) is 86.0 Å². The lowest BCUT2D eigenvalue weighted by atomic mass is 9.47. The molecule has 4 rings (SSSR count). The molecule has 4 aliphatic rings. The molecule has 4 aliphatic carbocycles. The summed E-state index contributed by atoms with van der Waals surface area (Å²) < 4.78 is 0. The highest BCUT2D eigenvalue weighted by Gasteiger charge is 2.60. The van der Waals surface area contributed by atoms with E-state index in [2.05, 4.69) is 45.9 Å². The van der Waals surface area contributed by atoms with Gasteiger partial charge in [0.05, 0.1) is 5.71 Å². The van der Waals surface area contributed by atoms with Gasteiger partial charge in [-0.2, -0.15) is 0 Å². The van der Waals surface area contributed by atoms with Crippen LogP contribution in [0.4, 0.5) is 0 Å². The number of aldehydes is 1. The molecular formula is C29H43NO3. The van der Waals surface area contributed by atoms with E-state index in [4.69, 9.17) is 0 Å². The summed E-state index contributed by atoms with van der Waals surface area (Å²) in [5.74, 6) is 3.38. The van der Waals surface area contributed by atoms with Gasteiger partial charge in [-0.25, -0.2) is 0 Å². The Morgan fingerprint density at radius 1 is 1.18 bits per heavy atom. The van der Waals surface area contributed by atoms with Gasteiger partial charge in [0, 0.05) is 11.3 Å². The molecular weight excluding hydrogens is 410 g/mol. The van der Waals surface area contributed by atoms with Crippen molar-refractivity contribution >= 4 is 17.8 Å². The molecule has 182 valence electrons. The number of ketones is 1. The Bertz CT molecular complexity index is 870. The van der Waals surface area contributed by atoms with E-state index in [0.29, 0.717) is 41.2 Å². The number of nitrogens with zero attached hydrogens (tertiary/aromatic N) is 1. The molecule has 0 aliphatic heterocycles. The number of allylic oxidation sites excluding steroid dienone is 4. The Morgan fingerprint density at radius 3 is 2.58 bits per heavy atom. The second-order valence-electron chi connectivity index (χ2n) is 12.2. The molecule has 0 aromatic rings. The third kappa shape index (κ3) is 3.96. The predicted octanol–water partition coefficient (Wildman–Crippen LogP) is 6.63. The normalized spacial score (nSPS) is 40.7. The average Bonchev–Trinajstić information content (AvgIpc) is 3.14. The van der Waals surface area contributed by atoms with Crippen LogP contribution < -0.4 is 0 Å². The zero-order valence-corrected chi connectivity index (χ0v) is 21.2. The summed E-state index contributed by atoms with van der Waals surface area (Å²) in [7, 11) is 0. The molecule has 0 bridgehead atoms. The van der Waals surface area contributed by atoms with Crippen LogP contribution in [-0.4, -0.2) is 23.0 Å². The molecule has 0 aromatic heterocycles. The highest BCUT2D eigenvalue weighted by Crippen LogP contribution is 2.66.